The lowest BCUT2D eigenvalue weighted by Crippen LogP contribution is -2.31. The van der Waals surface area contributed by atoms with Gasteiger partial charge in [0.1, 0.15) is 11.6 Å². The molecule has 2 heterocycles. The fourth-order valence-electron chi connectivity index (χ4n) is 3.11. The number of carbonyl (C=O) groups is 2. The topological polar surface area (TPSA) is 134 Å². The minimum absolute atomic E-state index is 0.00590. The number of likely N-dealkylation sites (tertiary alicyclic amines) is 1. The second-order valence-electron chi connectivity index (χ2n) is 6.93. The van der Waals surface area contributed by atoms with Gasteiger partial charge in [-0.2, -0.15) is 5.10 Å². The molecule has 0 aliphatic carbocycles. The van der Waals surface area contributed by atoms with Crippen molar-refractivity contribution >= 4 is 11.9 Å². The zero-order valence-electron chi connectivity index (χ0n) is 17.1. The van der Waals surface area contributed by atoms with Crippen molar-refractivity contribution in [3.8, 4) is 5.75 Å². The van der Waals surface area contributed by atoms with E-state index in [1.54, 1.807) is 0 Å². The molecule has 1 aliphatic rings. The summed E-state index contributed by atoms with van der Waals surface area (Å²) in [6.07, 6.45) is 2.63. The van der Waals surface area contributed by atoms with Crippen LogP contribution in [-0.2, 0) is 4.79 Å². The number of amides is 1. The number of hydrogen-bond acceptors (Lipinski definition) is 6. The summed E-state index contributed by atoms with van der Waals surface area (Å²) in [4.78, 5) is 28.3. The number of hydrogen-bond donors (Lipinski definition) is 3. The van der Waals surface area contributed by atoms with Crippen molar-refractivity contribution in [1.29, 1.82) is 0 Å². The molecule has 158 valence electrons. The predicted octanol–water partition coefficient (Wildman–Crippen LogP) is 2.22. The second kappa shape index (κ2) is 10.6. The first-order chi connectivity index (χ1) is 13.8. The highest BCUT2D eigenvalue weighted by Crippen LogP contribution is 2.32. The number of H-pyrrole nitrogens is 1. The molecule has 0 spiro atoms. The number of nitrogens with two attached hydrogens (primary N) is 1. The van der Waals surface area contributed by atoms with Crippen LogP contribution >= 0.6 is 0 Å². The summed E-state index contributed by atoms with van der Waals surface area (Å²) in [6.45, 7) is 6.78. The molecule has 1 aromatic carbocycles. The number of benzene rings is 1. The van der Waals surface area contributed by atoms with E-state index in [9.17, 15) is 4.79 Å². The molecule has 1 aliphatic heterocycles. The highest BCUT2D eigenvalue weighted by atomic mass is 16.5. The third-order valence-electron chi connectivity index (χ3n) is 4.47. The Balaban J connectivity index is 0.000000687. The maximum atomic E-state index is 13.0. The molecule has 0 bridgehead atoms. The molecule has 1 aromatic heterocycles. The molecule has 1 fully saturated rings. The molecule has 9 nitrogen and oxygen atoms in total. The number of aromatic nitrogens is 3. The van der Waals surface area contributed by atoms with E-state index < -0.39 is 5.97 Å². The Morgan fingerprint density at radius 3 is 2.72 bits per heavy atom. The number of nitrogens with one attached hydrogen (secondary N) is 1. The number of carboxylic acids is 1. The summed E-state index contributed by atoms with van der Waals surface area (Å²) >= 11 is 0. The summed E-state index contributed by atoms with van der Waals surface area (Å²) in [5, 5.41) is 14.5. The lowest BCUT2D eigenvalue weighted by molar-refractivity contribution is -0.134. The van der Waals surface area contributed by atoms with Gasteiger partial charge in [0.25, 0.3) is 11.9 Å². The normalized spacial score (nSPS) is 15.6. The van der Waals surface area contributed by atoms with Crippen molar-refractivity contribution in [3.05, 3.63) is 41.0 Å². The molecular formula is C20H29N5O4. The first-order valence-electron chi connectivity index (χ1n) is 9.66. The Morgan fingerprint density at radius 2 is 2.10 bits per heavy atom. The average molecular weight is 403 g/mol. The minimum Gasteiger partial charge on any atom is -0.493 e. The van der Waals surface area contributed by atoms with E-state index in [4.69, 9.17) is 20.4 Å². The van der Waals surface area contributed by atoms with Crippen molar-refractivity contribution in [2.24, 2.45) is 5.73 Å². The van der Waals surface area contributed by atoms with Crippen molar-refractivity contribution < 1.29 is 19.4 Å². The van der Waals surface area contributed by atoms with Gasteiger partial charge in [-0.15, -0.1) is 0 Å². The molecular weight excluding hydrogens is 374 g/mol. The molecule has 1 atom stereocenters. The Morgan fingerprint density at radius 1 is 1.38 bits per heavy atom. The van der Waals surface area contributed by atoms with Gasteiger partial charge in [0, 0.05) is 19.0 Å². The van der Waals surface area contributed by atoms with Gasteiger partial charge in [-0.05, 0) is 57.4 Å². The van der Waals surface area contributed by atoms with Crippen LogP contribution < -0.4 is 10.5 Å². The lowest BCUT2D eigenvalue weighted by atomic mass is 10.1. The van der Waals surface area contributed by atoms with E-state index in [2.05, 4.69) is 15.2 Å². The molecule has 9 heteroatoms. The number of ether oxygens (including phenoxy) is 1. The van der Waals surface area contributed by atoms with Gasteiger partial charge < -0.3 is 20.5 Å². The zero-order valence-corrected chi connectivity index (χ0v) is 17.1. The summed E-state index contributed by atoms with van der Waals surface area (Å²) in [6, 6.07) is 5.53. The maximum absolute atomic E-state index is 13.0. The number of carbonyl (C=O) groups excluding carboxylic acids is 1. The van der Waals surface area contributed by atoms with Gasteiger partial charge in [-0.3, -0.25) is 14.7 Å². The number of rotatable bonds is 6. The largest absolute Gasteiger partial charge is 0.493 e. The third kappa shape index (κ3) is 6.28. The average Bonchev–Trinajstić information content (AvgIpc) is 3.31. The van der Waals surface area contributed by atoms with Crippen molar-refractivity contribution in [1.82, 2.24) is 20.1 Å². The van der Waals surface area contributed by atoms with E-state index in [0.29, 0.717) is 31.1 Å². The van der Waals surface area contributed by atoms with Crippen LogP contribution in [0, 0.1) is 13.8 Å². The van der Waals surface area contributed by atoms with Crippen LogP contribution in [0.1, 0.15) is 59.8 Å². The molecule has 0 saturated carbocycles. The van der Waals surface area contributed by atoms with E-state index in [1.807, 2.05) is 36.9 Å². The first-order valence-corrected chi connectivity index (χ1v) is 9.66. The highest BCUT2D eigenvalue weighted by molar-refractivity contribution is 5.95. The first kappa shape index (κ1) is 22.4. The number of nitrogens with zero attached hydrogens (tertiary/aromatic N) is 3. The van der Waals surface area contributed by atoms with Crippen LogP contribution in [0.2, 0.25) is 0 Å². The van der Waals surface area contributed by atoms with E-state index in [0.717, 1.165) is 43.3 Å². The summed E-state index contributed by atoms with van der Waals surface area (Å²) in [5.74, 6) is 1.35. The molecule has 2 aromatic rings. The van der Waals surface area contributed by atoms with E-state index in [-0.39, 0.29) is 11.9 Å². The smallest absolute Gasteiger partial charge is 0.300 e. The highest BCUT2D eigenvalue weighted by Gasteiger charge is 2.33. The van der Waals surface area contributed by atoms with E-state index in [1.165, 1.54) is 0 Å². The van der Waals surface area contributed by atoms with Crippen LogP contribution in [-0.4, -0.2) is 56.8 Å². The van der Waals surface area contributed by atoms with Gasteiger partial charge in [0.2, 0.25) is 0 Å². The SMILES string of the molecule is CC(=O)O.Cc1nc(C2CCCN2C(=O)c2ccc(C)c(OCCCN)c2)n[nH]1. The summed E-state index contributed by atoms with van der Waals surface area (Å²) in [7, 11) is 0. The Bertz CT molecular complexity index is 832. The van der Waals surface area contributed by atoms with Crippen LogP contribution in [0.3, 0.4) is 0 Å². The number of carboxylic acid groups (broad SMARTS) is 1. The molecule has 3 rings (SSSR count). The number of aliphatic carboxylic acids is 1. The van der Waals surface area contributed by atoms with Gasteiger partial charge in [0.05, 0.1) is 12.6 Å². The molecule has 4 N–H and O–H groups in total. The molecule has 1 saturated heterocycles. The van der Waals surface area contributed by atoms with Gasteiger partial charge >= 0.3 is 0 Å². The minimum atomic E-state index is -0.833. The van der Waals surface area contributed by atoms with Crippen LogP contribution in [0.25, 0.3) is 0 Å². The standard InChI is InChI=1S/C18H25N5O2.C2H4O2/c1-12-6-7-14(11-16(12)25-10-4-8-19)18(24)23-9-3-5-15(23)17-20-13(2)21-22-17;1-2(3)4/h6-7,11,15H,3-5,8-10,19H2,1-2H3,(H,20,21,22);1H3,(H,3,4). The van der Waals surface area contributed by atoms with Crippen molar-refractivity contribution in [3.63, 3.8) is 0 Å². The fraction of sp³-hybridized carbons (Fsp3) is 0.500. The Kier molecular flexibility index (Phi) is 8.14. The van der Waals surface area contributed by atoms with E-state index >= 15 is 0 Å². The lowest BCUT2D eigenvalue weighted by Gasteiger charge is -2.23. The number of aryl methyl sites for hydroxylation is 2. The quantitative estimate of drug-likeness (QED) is 0.629. The Hall–Kier alpha value is -2.94. The van der Waals surface area contributed by atoms with Crippen molar-refractivity contribution in [2.45, 2.75) is 46.1 Å². The summed E-state index contributed by atoms with van der Waals surface area (Å²) < 4.78 is 5.77. The monoisotopic (exact) mass is 403 g/mol. The molecule has 0 radical (unpaired) electrons. The molecule has 1 amide bonds. The molecule has 29 heavy (non-hydrogen) atoms. The maximum Gasteiger partial charge on any atom is 0.300 e. The molecule has 1 unspecified atom stereocenters. The van der Waals surface area contributed by atoms with Gasteiger partial charge in [-0.1, -0.05) is 6.07 Å². The van der Waals surface area contributed by atoms with Gasteiger partial charge in [0.15, 0.2) is 5.82 Å². The third-order valence-corrected chi connectivity index (χ3v) is 4.47. The number of aromatic amines is 1. The summed E-state index contributed by atoms with van der Waals surface area (Å²) in [5.41, 5.74) is 7.15. The van der Waals surface area contributed by atoms with Crippen molar-refractivity contribution in [2.75, 3.05) is 19.7 Å². The van der Waals surface area contributed by atoms with Crippen LogP contribution in [0.5, 0.6) is 5.75 Å². The predicted molar refractivity (Wildman–Crippen MR) is 108 cm³/mol. The Labute approximate surface area is 170 Å². The fourth-order valence-corrected chi connectivity index (χ4v) is 3.11. The second-order valence-corrected chi connectivity index (χ2v) is 6.93. The zero-order chi connectivity index (χ0) is 21.4. The van der Waals surface area contributed by atoms with Gasteiger partial charge in [-0.25, -0.2) is 4.98 Å². The van der Waals surface area contributed by atoms with Crippen LogP contribution in [0.15, 0.2) is 18.2 Å². The van der Waals surface area contributed by atoms with Crippen LogP contribution in [0.4, 0.5) is 0 Å².